The molecule has 1 aliphatic carbocycles. The molecule has 0 radical (unpaired) electrons. The number of fused-ring (bicyclic) bond motifs is 1. The number of nitrogens with zero attached hydrogens (tertiary/aromatic N) is 1. The first-order chi connectivity index (χ1) is 5.40. The van der Waals surface area contributed by atoms with E-state index in [0.29, 0.717) is 5.88 Å². The fraction of sp³-hybridized carbons (Fsp3) is 0.625. The number of hydrogen-bond acceptors (Lipinski definition) is 2. The van der Waals surface area contributed by atoms with Crippen molar-refractivity contribution in [1.29, 1.82) is 0 Å². The summed E-state index contributed by atoms with van der Waals surface area (Å²) in [6, 6.07) is 0. The predicted molar refractivity (Wildman–Crippen MR) is 48.6 cm³/mol. The quantitative estimate of drug-likeness (QED) is 0.649. The second-order valence-electron chi connectivity index (χ2n) is 2.77. The summed E-state index contributed by atoms with van der Waals surface area (Å²) in [6.07, 6.45) is 4.68. The molecule has 0 fully saturated rings. The molecule has 11 heavy (non-hydrogen) atoms. The van der Waals surface area contributed by atoms with E-state index >= 15 is 0 Å². The van der Waals surface area contributed by atoms with E-state index in [1.165, 1.54) is 34.8 Å². The van der Waals surface area contributed by atoms with Crippen LogP contribution in [0.4, 0.5) is 0 Å². The molecule has 1 aromatic heterocycles. The minimum absolute atomic E-state index is 0.701. The average molecular weight is 188 g/mol. The molecule has 1 heterocycles. The number of thiazole rings is 1. The Labute approximate surface area is 75.4 Å². The molecule has 0 unspecified atom stereocenters. The van der Waals surface area contributed by atoms with Crippen LogP contribution in [0, 0.1) is 0 Å². The minimum atomic E-state index is 0.701. The van der Waals surface area contributed by atoms with Crippen molar-refractivity contribution >= 4 is 22.9 Å². The highest BCUT2D eigenvalue weighted by Gasteiger charge is 2.15. The van der Waals surface area contributed by atoms with Gasteiger partial charge >= 0.3 is 0 Å². The number of aromatic nitrogens is 1. The fourth-order valence-electron chi connectivity index (χ4n) is 1.43. The Morgan fingerprint density at radius 1 is 1.45 bits per heavy atom. The summed E-state index contributed by atoms with van der Waals surface area (Å²) >= 11 is 7.48. The van der Waals surface area contributed by atoms with Crippen LogP contribution in [0.1, 0.15) is 22.0 Å². The number of aryl methyl sites for hydroxylation is 3. The van der Waals surface area contributed by atoms with Gasteiger partial charge in [0.1, 0.15) is 0 Å². The molecule has 0 aliphatic heterocycles. The molecule has 0 saturated heterocycles. The lowest BCUT2D eigenvalue weighted by Gasteiger charge is -1.87. The van der Waals surface area contributed by atoms with Gasteiger partial charge in [-0.1, -0.05) is 0 Å². The van der Waals surface area contributed by atoms with Crippen LogP contribution in [0.15, 0.2) is 0 Å². The first-order valence-corrected chi connectivity index (χ1v) is 5.28. The number of rotatable bonds is 2. The summed E-state index contributed by atoms with van der Waals surface area (Å²) in [5.74, 6) is 0.701. The van der Waals surface area contributed by atoms with Gasteiger partial charge in [0.2, 0.25) is 0 Å². The summed E-state index contributed by atoms with van der Waals surface area (Å²) in [5.41, 5.74) is 1.34. The molecule has 1 aromatic rings. The maximum Gasteiger partial charge on any atom is 0.0942 e. The van der Waals surface area contributed by atoms with Crippen molar-refractivity contribution in [1.82, 2.24) is 4.98 Å². The van der Waals surface area contributed by atoms with Crippen LogP contribution in [0.2, 0.25) is 0 Å². The lowest BCUT2D eigenvalue weighted by Crippen LogP contribution is -1.85. The molecule has 2 rings (SSSR count). The van der Waals surface area contributed by atoms with Gasteiger partial charge in [0.15, 0.2) is 0 Å². The highest BCUT2D eigenvalue weighted by Crippen LogP contribution is 2.27. The Hall–Kier alpha value is -0.0800. The fourth-order valence-corrected chi connectivity index (χ4v) is 2.88. The topological polar surface area (TPSA) is 12.9 Å². The Kier molecular flexibility index (Phi) is 2.14. The van der Waals surface area contributed by atoms with Crippen molar-refractivity contribution < 1.29 is 0 Å². The van der Waals surface area contributed by atoms with Crippen LogP contribution in [-0.4, -0.2) is 10.9 Å². The number of hydrogen-bond donors (Lipinski definition) is 0. The van der Waals surface area contributed by atoms with Crippen molar-refractivity contribution in [2.24, 2.45) is 0 Å². The van der Waals surface area contributed by atoms with E-state index in [1.54, 1.807) is 0 Å². The predicted octanol–water partition coefficient (Wildman–Crippen LogP) is 2.41. The van der Waals surface area contributed by atoms with Crippen LogP contribution >= 0.6 is 22.9 Å². The molecule has 0 amide bonds. The van der Waals surface area contributed by atoms with E-state index in [0.717, 1.165) is 6.42 Å². The van der Waals surface area contributed by atoms with Crippen LogP contribution < -0.4 is 0 Å². The van der Waals surface area contributed by atoms with E-state index in [1.807, 2.05) is 11.3 Å². The van der Waals surface area contributed by atoms with Gasteiger partial charge in [-0.3, -0.25) is 0 Å². The van der Waals surface area contributed by atoms with Crippen molar-refractivity contribution in [2.45, 2.75) is 25.7 Å². The molecular weight excluding hydrogens is 178 g/mol. The summed E-state index contributed by atoms with van der Waals surface area (Å²) in [5, 5.41) is 1.23. The highest BCUT2D eigenvalue weighted by molar-refractivity contribution is 7.11. The van der Waals surface area contributed by atoms with Gasteiger partial charge in [-0.25, -0.2) is 4.98 Å². The molecule has 60 valence electrons. The van der Waals surface area contributed by atoms with Gasteiger partial charge in [0.25, 0.3) is 0 Å². The minimum Gasteiger partial charge on any atom is -0.246 e. The molecule has 0 N–H and O–H groups in total. The van der Waals surface area contributed by atoms with Crippen LogP contribution in [0.3, 0.4) is 0 Å². The standard InChI is InChI=1S/C8H10ClNS/c9-5-4-8-10-6-2-1-3-7(6)11-8/h1-5H2. The van der Waals surface area contributed by atoms with Gasteiger partial charge in [0.05, 0.1) is 10.7 Å². The van der Waals surface area contributed by atoms with Crippen LogP contribution in [0.25, 0.3) is 0 Å². The highest BCUT2D eigenvalue weighted by atomic mass is 35.5. The Balaban J connectivity index is 2.20. The lowest BCUT2D eigenvalue weighted by molar-refractivity contribution is 0.891. The maximum absolute atomic E-state index is 5.63. The first-order valence-electron chi connectivity index (χ1n) is 3.93. The first kappa shape index (κ1) is 7.56. The van der Waals surface area contributed by atoms with Gasteiger partial charge in [-0.2, -0.15) is 0 Å². The smallest absolute Gasteiger partial charge is 0.0942 e. The van der Waals surface area contributed by atoms with Crippen LogP contribution in [-0.2, 0) is 19.3 Å². The molecule has 1 nitrogen and oxygen atoms in total. The Bertz CT molecular complexity index is 235. The monoisotopic (exact) mass is 187 g/mol. The third-order valence-corrected chi connectivity index (χ3v) is 3.35. The van der Waals surface area contributed by atoms with Crippen molar-refractivity contribution in [3.8, 4) is 0 Å². The molecule has 3 heteroatoms. The normalized spacial score (nSPS) is 15.4. The van der Waals surface area contributed by atoms with Crippen molar-refractivity contribution in [3.63, 3.8) is 0 Å². The number of alkyl halides is 1. The number of halogens is 1. The third-order valence-electron chi connectivity index (χ3n) is 1.95. The van der Waals surface area contributed by atoms with Gasteiger partial charge in [-0.05, 0) is 19.3 Å². The average Bonchev–Trinajstić information content (AvgIpc) is 2.46. The maximum atomic E-state index is 5.63. The largest absolute Gasteiger partial charge is 0.246 e. The second-order valence-corrected chi connectivity index (χ2v) is 4.32. The molecule has 0 spiro atoms. The molecular formula is C8H10ClNS. The summed E-state index contributed by atoms with van der Waals surface area (Å²) in [7, 11) is 0. The molecule has 1 aliphatic rings. The van der Waals surface area contributed by atoms with Gasteiger partial charge in [-0.15, -0.1) is 22.9 Å². The zero-order valence-electron chi connectivity index (χ0n) is 6.27. The van der Waals surface area contributed by atoms with Crippen molar-refractivity contribution in [3.05, 3.63) is 15.6 Å². The van der Waals surface area contributed by atoms with E-state index in [4.69, 9.17) is 11.6 Å². The Morgan fingerprint density at radius 2 is 2.36 bits per heavy atom. The molecule has 0 atom stereocenters. The molecule has 0 aromatic carbocycles. The van der Waals surface area contributed by atoms with Gasteiger partial charge in [0, 0.05) is 17.2 Å². The van der Waals surface area contributed by atoms with Gasteiger partial charge < -0.3 is 0 Å². The zero-order valence-corrected chi connectivity index (χ0v) is 7.84. The van der Waals surface area contributed by atoms with Crippen molar-refractivity contribution in [2.75, 3.05) is 5.88 Å². The van der Waals surface area contributed by atoms with E-state index in [2.05, 4.69) is 4.98 Å². The van der Waals surface area contributed by atoms with E-state index in [-0.39, 0.29) is 0 Å². The third kappa shape index (κ3) is 1.42. The molecule has 0 bridgehead atoms. The SMILES string of the molecule is ClCCc1nc2c(s1)CCC2. The lowest BCUT2D eigenvalue weighted by atomic mass is 10.4. The zero-order chi connectivity index (χ0) is 7.68. The molecule has 0 saturated carbocycles. The summed E-state index contributed by atoms with van der Waals surface area (Å²) in [6.45, 7) is 0. The second kappa shape index (κ2) is 3.11. The summed E-state index contributed by atoms with van der Waals surface area (Å²) in [4.78, 5) is 6.02. The van der Waals surface area contributed by atoms with E-state index < -0.39 is 0 Å². The summed E-state index contributed by atoms with van der Waals surface area (Å²) < 4.78 is 0. The Morgan fingerprint density at radius 3 is 3.09 bits per heavy atom. The van der Waals surface area contributed by atoms with E-state index in [9.17, 15) is 0 Å². The van der Waals surface area contributed by atoms with Crippen LogP contribution in [0.5, 0.6) is 0 Å².